The molecule has 0 atom stereocenters. The van der Waals surface area contributed by atoms with Gasteiger partial charge in [-0.2, -0.15) is 4.99 Å². The Hall–Kier alpha value is -3.77. The van der Waals surface area contributed by atoms with Crippen LogP contribution in [0, 0.1) is 12.3 Å². The molecule has 0 aliphatic heterocycles. The van der Waals surface area contributed by atoms with Crippen molar-refractivity contribution in [1.29, 1.82) is 0 Å². The molecule has 3 aromatic rings. The fourth-order valence-electron chi connectivity index (χ4n) is 3.35. The van der Waals surface area contributed by atoms with Gasteiger partial charge in [-0.05, 0) is 51.1 Å². The fourth-order valence-corrected chi connectivity index (χ4v) is 4.41. The summed E-state index contributed by atoms with van der Waals surface area (Å²) in [7, 11) is 0. The quantitative estimate of drug-likeness (QED) is 0.462. The standard InChI is InChI=1S/C25H27N3O5S/c1-6-12-28-19-11-10-18(26-16(5)29)15-22(19)34-25(28)27-24(30)17-13-20(31-7-2)23(33-9-4)21(14-17)32-8-3/h1,10-11,13-15H,7-9,12H2,2-5H3,(H,26,29). The highest BCUT2D eigenvalue weighted by Crippen LogP contribution is 2.39. The molecule has 0 aliphatic carbocycles. The van der Waals surface area contributed by atoms with Crippen LogP contribution < -0.4 is 24.3 Å². The van der Waals surface area contributed by atoms with Crippen molar-refractivity contribution in [2.75, 3.05) is 25.1 Å². The van der Waals surface area contributed by atoms with Crippen LogP contribution in [0.5, 0.6) is 17.2 Å². The lowest BCUT2D eigenvalue weighted by Gasteiger charge is -2.16. The van der Waals surface area contributed by atoms with Gasteiger partial charge in [0.25, 0.3) is 5.91 Å². The first-order chi connectivity index (χ1) is 16.4. The van der Waals surface area contributed by atoms with Gasteiger partial charge in [0.05, 0.1) is 36.6 Å². The van der Waals surface area contributed by atoms with Crippen LogP contribution in [0.3, 0.4) is 0 Å². The number of benzene rings is 2. The first-order valence-corrected chi connectivity index (χ1v) is 11.7. The van der Waals surface area contributed by atoms with Crippen molar-refractivity contribution < 1.29 is 23.8 Å². The van der Waals surface area contributed by atoms with Crippen LogP contribution in [-0.2, 0) is 11.3 Å². The SMILES string of the molecule is C#CCn1c(=NC(=O)c2cc(OCC)c(OCC)c(OCC)c2)sc2cc(NC(C)=O)ccc21. The number of thiazole rings is 1. The van der Waals surface area contributed by atoms with Crippen LogP contribution >= 0.6 is 11.3 Å². The number of carbonyl (C=O) groups excluding carboxylic acids is 2. The summed E-state index contributed by atoms with van der Waals surface area (Å²) in [6.45, 7) is 8.47. The van der Waals surface area contributed by atoms with E-state index < -0.39 is 5.91 Å². The van der Waals surface area contributed by atoms with Crippen molar-refractivity contribution >= 4 is 39.1 Å². The van der Waals surface area contributed by atoms with Crippen LogP contribution in [0.2, 0.25) is 0 Å². The van der Waals surface area contributed by atoms with Gasteiger partial charge >= 0.3 is 0 Å². The molecular weight excluding hydrogens is 454 g/mol. The molecule has 178 valence electrons. The molecule has 8 nitrogen and oxygen atoms in total. The lowest BCUT2D eigenvalue weighted by Crippen LogP contribution is -2.16. The lowest BCUT2D eigenvalue weighted by molar-refractivity contribution is -0.114. The molecule has 1 aromatic heterocycles. The maximum absolute atomic E-state index is 13.2. The van der Waals surface area contributed by atoms with E-state index in [0.29, 0.717) is 53.1 Å². The Balaban J connectivity index is 2.12. The van der Waals surface area contributed by atoms with E-state index >= 15 is 0 Å². The Kier molecular flexibility index (Phi) is 8.33. The van der Waals surface area contributed by atoms with Crippen LogP contribution in [0.25, 0.3) is 10.2 Å². The number of aromatic nitrogens is 1. The number of hydrogen-bond acceptors (Lipinski definition) is 6. The average Bonchev–Trinajstić information content (AvgIpc) is 3.12. The maximum Gasteiger partial charge on any atom is 0.279 e. The Morgan fingerprint density at radius 3 is 2.26 bits per heavy atom. The third-order valence-corrected chi connectivity index (χ3v) is 5.65. The summed E-state index contributed by atoms with van der Waals surface area (Å²) in [5.74, 6) is 3.26. The number of ether oxygens (including phenoxy) is 3. The van der Waals surface area contributed by atoms with Crippen LogP contribution in [-0.4, -0.2) is 36.2 Å². The second-order valence-electron chi connectivity index (χ2n) is 7.06. The number of nitrogens with zero attached hydrogens (tertiary/aromatic N) is 2. The highest BCUT2D eigenvalue weighted by Gasteiger charge is 2.19. The van der Waals surface area contributed by atoms with E-state index in [1.807, 2.05) is 32.9 Å². The topological polar surface area (TPSA) is 91.2 Å². The molecule has 0 radical (unpaired) electrons. The van der Waals surface area contributed by atoms with E-state index in [2.05, 4.69) is 16.2 Å². The molecule has 0 saturated carbocycles. The van der Waals surface area contributed by atoms with Gasteiger partial charge in [0, 0.05) is 18.2 Å². The van der Waals surface area contributed by atoms with Crippen molar-refractivity contribution in [3.05, 3.63) is 40.7 Å². The van der Waals surface area contributed by atoms with Gasteiger partial charge in [0.2, 0.25) is 11.7 Å². The summed E-state index contributed by atoms with van der Waals surface area (Å²) >= 11 is 1.31. The molecule has 9 heteroatoms. The molecule has 0 bridgehead atoms. The molecule has 2 aromatic carbocycles. The molecular formula is C25H27N3O5S. The van der Waals surface area contributed by atoms with Crippen molar-refractivity contribution in [2.24, 2.45) is 4.99 Å². The zero-order chi connectivity index (χ0) is 24.7. The minimum Gasteiger partial charge on any atom is -0.490 e. The summed E-state index contributed by atoms with van der Waals surface area (Å²) < 4.78 is 19.8. The summed E-state index contributed by atoms with van der Waals surface area (Å²) in [6, 6.07) is 8.67. The average molecular weight is 482 g/mol. The second kappa shape index (κ2) is 11.4. The maximum atomic E-state index is 13.2. The highest BCUT2D eigenvalue weighted by molar-refractivity contribution is 7.16. The normalized spacial score (nSPS) is 11.2. The van der Waals surface area contributed by atoms with Gasteiger partial charge in [0.15, 0.2) is 16.3 Å². The number of nitrogens with one attached hydrogen (secondary N) is 1. The molecule has 0 spiro atoms. The Labute approximate surface area is 202 Å². The zero-order valence-electron chi connectivity index (χ0n) is 19.6. The second-order valence-corrected chi connectivity index (χ2v) is 8.07. The summed E-state index contributed by atoms with van der Waals surface area (Å²) in [5.41, 5.74) is 1.78. The summed E-state index contributed by atoms with van der Waals surface area (Å²) in [5, 5.41) is 2.76. The van der Waals surface area contributed by atoms with Gasteiger partial charge in [-0.1, -0.05) is 17.3 Å². The third kappa shape index (κ3) is 5.58. The van der Waals surface area contributed by atoms with Crippen LogP contribution in [0.1, 0.15) is 38.1 Å². The predicted octanol–water partition coefficient (Wildman–Crippen LogP) is 4.23. The van der Waals surface area contributed by atoms with E-state index in [9.17, 15) is 9.59 Å². The number of hydrogen-bond donors (Lipinski definition) is 1. The van der Waals surface area contributed by atoms with Crippen molar-refractivity contribution in [3.8, 4) is 29.6 Å². The van der Waals surface area contributed by atoms with Gasteiger partial charge in [-0.25, -0.2) is 0 Å². The van der Waals surface area contributed by atoms with E-state index in [1.54, 1.807) is 22.8 Å². The van der Waals surface area contributed by atoms with E-state index in [-0.39, 0.29) is 12.5 Å². The highest BCUT2D eigenvalue weighted by atomic mass is 32.1. The molecule has 0 unspecified atom stereocenters. The zero-order valence-corrected chi connectivity index (χ0v) is 20.5. The molecule has 0 fully saturated rings. The van der Waals surface area contributed by atoms with Crippen molar-refractivity contribution in [1.82, 2.24) is 4.57 Å². The molecule has 34 heavy (non-hydrogen) atoms. The van der Waals surface area contributed by atoms with Crippen LogP contribution in [0.4, 0.5) is 5.69 Å². The first-order valence-electron chi connectivity index (χ1n) is 10.9. The number of terminal acetylenes is 1. The van der Waals surface area contributed by atoms with E-state index in [4.69, 9.17) is 20.6 Å². The minimum atomic E-state index is -0.468. The minimum absolute atomic E-state index is 0.168. The largest absolute Gasteiger partial charge is 0.490 e. The molecule has 2 amide bonds. The van der Waals surface area contributed by atoms with Gasteiger partial charge in [-0.15, -0.1) is 6.42 Å². The lowest BCUT2D eigenvalue weighted by atomic mass is 10.1. The number of rotatable bonds is 9. The number of amides is 2. The Morgan fingerprint density at radius 1 is 1.06 bits per heavy atom. The van der Waals surface area contributed by atoms with Gasteiger partial charge < -0.3 is 24.1 Å². The van der Waals surface area contributed by atoms with Crippen LogP contribution in [0.15, 0.2) is 35.3 Å². The summed E-state index contributed by atoms with van der Waals surface area (Å²) in [6.07, 6.45) is 5.57. The Morgan fingerprint density at radius 2 is 1.71 bits per heavy atom. The summed E-state index contributed by atoms with van der Waals surface area (Å²) in [4.78, 5) is 29.4. The monoisotopic (exact) mass is 481 g/mol. The number of carbonyl (C=O) groups is 2. The Bertz CT molecular complexity index is 1290. The third-order valence-electron chi connectivity index (χ3n) is 4.61. The van der Waals surface area contributed by atoms with E-state index in [1.165, 1.54) is 18.3 Å². The van der Waals surface area contributed by atoms with Crippen molar-refractivity contribution in [3.63, 3.8) is 0 Å². The van der Waals surface area contributed by atoms with Gasteiger partial charge in [0.1, 0.15) is 0 Å². The molecule has 0 saturated heterocycles. The number of fused-ring (bicyclic) bond motifs is 1. The van der Waals surface area contributed by atoms with Crippen molar-refractivity contribution in [2.45, 2.75) is 34.2 Å². The molecule has 1 N–H and O–H groups in total. The predicted molar refractivity (Wildman–Crippen MR) is 133 cm³/mol. The molecule has 1 heterocycles. The van der Waals surface area contributed by atoms with E-state index in [0.717, 1.165) is 10.2 Å². The first kappa shape index (κ1) is 24.9. The molecule has 3 rings (SSSR count). The fraction of sp³-hybridized carbons (Fsp3) is 0.320. The molecule has 0 aliphatic rings. The smallest absolute Gasteiger partial charge is 0.279 e. The number of anilines is 1. The van der Waals surface area contributed by atoms with Gasteiger partial charge in [-0.3, -0.25) is 9.59 Å².